The van der Waals surface area contributed by atoms with Gasteiger partial charge in [-0.25, -0.2) is 10.6 Å². The number of likely N-dealkylation sites (tertiary alicyclic amines) is 1. The lowest BCUT2D eigenvalue weighted by molar-refractivity contribution is 0.237. The van der Waals surface area contributed by atoms with Crippen LogP contribution in [0.25, 0.3) is 0 Å². The second kappa shape index (κ2) is 3.54. The smallest absolute Gasteiger partial charge is 0.329 e. The summed E-state index contributed by atoms with van der Waals surface area (Å²) in [6, 6.07) is -0.0474. The SMILES string of the molecule is CN1CCC(NC(=O)NN)C1. The zero-order valence-corrected chi connectivity index (χ0v) is 6.63. The number of hydrogen-bond acceptors (Lipinski definition) is 3. The van der Waals surface area contributed by atoms with Gasteiger partial charge in [0.2, 0.25) is 0 Å². The molecule has 0 aliphatic carbocycles. The van der Waals surface area contributed by atoms with Crippen LogP contribution in [0.2, 0.25) is 0 Å². The highest BCUT2D eigenvalue weighted by molar-refractivity contribution is 5.73. The van der Waals surface area contributed by atoms with Crippen LogP contribution in [0.15, 0.2) is 0 Å². The normalized spacial score (nSPS) is 25.1. The first kappa shape index (κ1) is 8.29. The summed E-state index contributed by atoms with van der Waals surface area (Å²) in [7, 11) is 2.03. The Kier molecular flexibility index (Phi) is 2.67. The molecule has 4 N–H and O–H groups in total. The van der Waals surface area contributed by atoms with Gasteiger partial charge in [-0.1, -0.05) is 0 Å². The molecular weight excluding hydrogens is 144 g/mol. The first-order valence-corrected chi connectivity index (χ1v) is 3.68. The maximum Gasteiger partial charge on any atom is 0.329 e. The van der Waals surface area contributed by atoms with Crippen LogP contribution >= 0.6 is 0 Å². The Labute approximate surface area is 65.9 Å². The molecule has 1 saturated heterocycles. The summed E-state index contributed by atoms with van der Waals surface area (Å²) < 4.78 is 0. The van der Waals surface area contributed by atoms with E-state index in [2.05, 4.69) is 10.2 Å². The van der Waals surface area contributed by atoms with Gasteiger partial charge in [0.1, 0.15) is 0 Å². The Balaban J connectivity index is 2.23. The molecule has 1 heterocycles. The maximum atomic E-state index is 10.7. The van der Waals surface area contributed by atoms with Gasteiger partial charge in [0.25, 0.3) is 0 Å². The first-order valence-electron chi connectivity index (χ1n) is 3.68. The molecule has 0 aromatic heterocycles. The lowest BCUT2D eigenvalue weighted by Gasteiger charge is -2.11. The van der Waals surface area contributed by atoms with E-state index in [-0.39, 0.29) is 12.1 Å². The third-order valence-corrected chi connectivity index (χ3v) is 1.86. The van der Waals surface area contributed by atoms with E-state index in [1.807, 2.05) is 12.5 Å². The number of nitrogens with two attached hydrogens (primary N) is 1. The van der Waals surface area contributed by atoms with E-state index in [1.165, 1.54) is 0 Å². The summed E-state index contributed by atoms with van der Waals surface area (Å²) in [5.74, 6) is 4.91. The molecule has 0 radical (unpaired) electrons. The maximum absolute atomic E-state index is 10.7. The minimum atomic E-state index is -0.301. The molecule has 1 aliphatic heterocycles. The first-order chi connectivity index (χ1) is 5.22. The van der Waals surface area contributed by atoms with E-state index in [1.54, 1.807) is 0 Å². The van der Waals surface area contributed by atoms with E-state index in [9.17, 15) is 4.79 Å². The zero-order chi connectivity index (χ0) is 8.27. The fraction of sp³-hybridized carbons (Fsp3) is 0.833. The van der Waals surface area contributed by atoms with E-state index in [4.69, 9.17) is 5.84 Å². The van der Waals surface area contributed by atoms with Crippen LogP contribution in [-0.2, 0) is 0 Å². The number of nitrogens with zero attached hydrogens (tertiary/aromatic N) is 1. The fourth-order valence-electron chi connectivity index (χ4n) is 1.28. The van der Waals surface area contributed by atoms with Crippen molar-refractivity contribution in [2.24, 2.45) is 5.84 Å². The average molecular weight is 158 g/mol. The number of carbonyl (C=O) groups is 1. The van der Waals surface area contributed by atoms with Crippen LogP contribution in [0.1, 0.15) is 6.42 Å². The molecule has 1 atom stereocenters. The van der Waals surface area contributed by atoms with Crippen molar-refractivity contribution < 1.29 is 4.79 Å². The molecule has 0 saturated carbocycles. The highest BCUT2D eigenvalue weighted by atomic mass is 16.2. The Bertz CT molecular complexity index is 150. The number of hydrogen-bond donors (Lipinski definition) is 3. The summed E-state index contributed by atoms with van der Waals surface area (Å²) in [5, 5.41) is 2.74. The zero-order valence-electron chi connectivity index (χ0n) is 6.63. The predicted molar refractivity (Wildman–Crippen MR) is 41.8 cm³/mol. The summed E-state index contributed by atoms with van der Waals surface area (Å²) in [5.41, 5.74) is 2.04. The van der Waals surface area contributed by atoms with Gasteiger partial charge < -0.3 is 10.2 Å². The summed E-state index contributed by atoms with van der Waals surface area (Å²) in [4.78, 5) is 12.9. The Morgan fingerprint density at radius 1 is 1.73 bits per heavy atom. The van der Waals surface area contributed by atoms with Crippen molar-refractivity contribution in [1.82, 2.24) is 15.6 Å². The number of nitrogens with one attached hydrogen (secondary N) is 2. The quantitative estimate of drug-likeness (QED) is 0.257. The number of amides is 2. The van der Waals surface area contributed by atoms with Crippen LogP contribution in [0.4, 0.5) is 4.79 Å². The average Bonchev–Trinajstić information content (AvgIpc) is 2.35. The molecule has 64 valence electrons. The van der Waals surface area contributed by atoms with Gasteiger partial charge in [-0.3, -0.25) is 5.43 Å². The Morgan fingerprint density at radius 3 is 2.91 bits per heavy atom. The molecule has 11 heavy (non-hydrogen) atoms. The molecule has 1 unspecified atom stereocenters. The van der Waals surface area contributed by atoms with Gasteiger partial charge in [-0.05, 0) is 20.0 Å². The molecule has 1 rings (SSSR count). The lowest BCUT2D eigenvalue weighted by atomic mass is 10.3. The van der Waals surface area contributed by atoms with Crippen LogP contribution in [0.5, 0.6) is 0 Å². The molecule has 0 aromatic rings. The second-order valence-electron chi connectivity index (χ2n) is 2.87. The molecule has 0 bridgehead atoms. The number of carbonyl (C=O) groups excluding carboxylic acids is 1. The topological polar surface area (TPSA) is 70.4 Å². The summed E-state index contributed by atoms with van der Waals surface area (Å²) >= 11 is 0. The third kappa shape index (κ3) is 2.36. The van der Waals surface area contributed by atoms with E-state index < -0.39 is 0 Å². The second-order valence-corrected chi connectivity index (χ2v) is 2.87. The minimum absolute atomic E-state index is 0.253. The molecule has 1 fully saturated rings. The van der Waals surface area contributed by atoms with E-state index in [0.29, 0.717) is 0 Å². The van der Waals surface area contributed by atoms with E-state index >= 15 is 0 Å². The van der Waals surface area contributed by atoms with Crippen LogP contribution in [0.3, 0.4) is 0 Å². The highest BCUT2D eigenvalue weighted by Gasteiger charge is 2.20. The van der Waals surface area contributed by atoms with Crippen molar-refractivity contribution in [3.05, 3.63) is 0 Å². The predicted octanol–water partition coefficient (Wildman–Crippen LogP) is -1.14. The molecule has 5 heteroatoms. The summed E-state index contributed by atoms with van der Waals surface area (Å²) in [6.45, 7) is 1.95. The van der Waals surface area contributed by atoms with Crippen LogP contribution in [0, 0.1) is 0 Å². The summed E-state index contributed by atoms with van der Waals surface area (Å²) in [6.07, 6.45) is 1.00. The van der Waals surface area contributed by atoms with Crippen molar-refractivity contribution in [1.29, 1.82) is 0 Å². The van der Waals surface area contributed by atoms with Crippen molar-refractivity contribution in [3.8, 4) is 0 Å². The van der Waals surface area contributed by atoms with Crippen molar-refractivity contribution in [2.75, 3.05) is 20.1 Å². The molecule has 5 nitrogen and oxygen atoms in total. The van der Waals surface area contributed by atoms with Crippen LogP contribution in [-0.4, -0.2) is 37.1 Å². The molecule has 0 aromatic carbocycles. The standard InChI is InChI=1S/C6H14N4O/c1-10-3-2-5(4-10)8-6(11)9-7/h5H,2-4,7H2,1H3,(H2,8,9,11). The molecule has 0 spiro atoms. The third-order valence-electron chi connectivity index (χ3n) is 1.86. The molecular formula is C6H14N4O. The van der Waals surface area contributed by atoms with Gasteiger partial charge in [0.15, 0.2) is 0 Å². The Morgan fingerprint density at radius 2 is 2.45 bits per heavy atom. The lowest BCUT2D eigenvalue weighted by Crippen LogP contribution is -2.45. The van der Waals surface area contributed by atoms with Crippen molar-refractivity contribution in [2.45, 2.75) is 12.5 Å². The van der Waals surface area contributed by atoms with Crippen LogP contribution < -0.4 is 16.6 Å². The van der Waals surface area contributed by atoms with Gasteiger partial charge in [0, 0.05) is 12.6 Å². The Hall–Kier alpha value is -0.810. The monoisotopic (exact) mass is 158 g/mol. The molecule has 2 amide bonds. The van der Waals surface area contributed by atoms with Gasteiger partial charge >= 0.3 is 6.03 Å². The minimum Gasteiger partial charge on any atom is -0.333 e. The van der Waals surface area contributed by atoms with E-state index in [0.717, 1.165) is 19.5 Å². The van der Waals surface area contributed by atoms with Crippen molar-refractivity contribution >= 4 is 6.03 Å². The van der Waals surface area contributed by atoms with Gasteiger partial charge in [-0.2, -0.15) is 0 Å². The van der Waals surface area contributed by atoms with Crippen molar-refractivity contribution in [3.63, 3.8) is 0 Å². The van der Waals surface area contributed by atoms with Gasteiger partial charge in [0.05, 0.1) is 0 Å². The largest absolute Gasteiger partial charge is 0.333 e. The highest BCUT2D eigenvalue weighted by Crippen LogP contribution is 2.05. The fourth-order valence-corrected chi connectivity index (χ4v) is 1.28. The number of urea groups is 1. The van der Waals surface area contributed by atoms with Gasteiger partial charge in [-0.15, -0.1) is 0 Å². The number of rotatable bonds is 1. The number of hydrazine groups is 1. The number of likely N-dealkylation sites (N-methyl/N-ethyl adjacent to an activating group) is 1. The molecule has 1 aliphatic rings.